The number of thioether (sulfide) groups is 1. The molecule has 7 heteroatoms. The van der Waals surface area contributed by atoms with E-state index in [-0.39, 0.29) is 5.91 Å². The van der Waals surface area contributed by atoms with Gasteiger partial charge < -0.3 is 4.90 Å². The van der Waals surface area contributed by atoms with E-state index in [0.717, 1.165) is 30.1 Å². The molecule has 0 spiro atoms. The molecule has 2 aromatic rings. The lowest BCUT2D eigenvalue weighted by Gasteiger charge is -2.34. The van der Waals surface area contributed by atoms with Crippen LogP contribution < -0.4 is 0 Å². The van der Waals surface area contributed by atoms with Gasteiger partial charge in [-0.05, 0) is 42.5 Å². The lowest BCUT2D eigenvalue weighted by Crippen LogP contribution is -2.42. The van der Waals surface area contributed by atoms with Gasteiger partial charge in [0, 0.05) is 23.7 Å². The molecule has 3 rings (SSSR count). The van der Waals surface area contributed by atoms with Gasteiger partial charge in [0.2, 0.25) is 0 Å². The van der Waals surface area contributed by atoms with Gasteiger partial charge in [0.25, 0.3) is 5.91 Å². The highest BCUT2D eigenvalue weighted by Crippen LogP contribution is 2.36. The van der Waals surface area contributed by atoms with Crippen molar-refractivity contribution in [3.8, 4) is 0 Å². The molecule has 1 saturated heterocycles. The minimum Gasteiger partial charge on any atom is -0.337 e. The summed E-state index contributed by atoms with van der Waals surface area (Å²) in [5.41, 5.74) is 1.32. The molecule has 144 valence electrons. The Morgan fingerprint density at radius 1 is 1.11 bits per heavy atom. The van der Waals surface area contributed by atoms with E-state index < -0.39 is 0 Å². The zero-order chi connectivity index (χ0) is 19.6. The van der Waals surface area contributed by atoms with Crippen LogP contribution in [0.15, 0.2) is 35.2 Å². The molecule has 1 aliphatic heterocycles. The molecule has 0 radical (unpaired) electrons. The molecule has 2 unspecified atom stereocenters. The molecule has 1 aromatic carbocycles. The molecule has 0 aliphatic carbocycles. The Hall–Kier alpha value is -0.940. The molecule has 1 aromatic heterocycles. The lowest BCUT2D eigenvalue weighted by atomic mass is 9.92. The van der Waals surface area contributed by atoms with Gasteiger partial charge in [-0.3, -0.25) is 4.79 Å². The SMILES string of the molecule is CC1CC(C)CN(C(=O)c2cccc(CSc3cc(Cl)c(Cl)cc3Cl)n2)C1. The van der Waals surface area contributed by atoms with Crippen LogP contribution in [0, 0.1) is 11.8 Å². The summed E-state index contributed by atoms with van der Waals surface area (Å²) >= 11 is 19.8. The van der Waals surface area contributed by atoms with E-state index in [1.807, 2.05) is 17.0 Å². The number of hydrogen-bond donors (Lipinski definition) is 0. The molecule has 1 aliphatic rings. The summed E-state index contributed by atoms with van der Waals surface area (Å²) in [5.74, 6) is 1.64. The third-order valence-electron chi connectivity index (χ3n) is 4.53. The third kappa shape index (κ3) is 5.32. The molecular weight excluding hydrogens is 423 g/mol. The van der Waals surface area contributed by atoms with Gasteiger partial charge in [-0.1, -0.05) is 54.7 Å². The quantitative estimate of drug-likeness (QED) is 0.402. The molecule has 0 N–H and O–H groups in total. The van der Waals surface area contributed by atoms with Crippen LogP contribution in [-0.2, 0) is 5.75 Å². The summed E-state index contributed by atoms with van der Waals surface area (Å²) in [6.07, 6.45) is 1.16. The summed E-state index contributed by atoms with van der Waals surface area (Å²) in [6, 6.07) is 8.97. The second-order valence-corrected chi connectivity index (χ2v) is 9.39. The van der Waals surface area contributed by atoms with Gasteiger partial charge in [0.15, 0.2) is 0 Å². The highest BCUT2D eigenvalue weighted by molar-refractivity contribution is 7.98. The van der Waals surface area contributed by atoms with E-state index in [1.165, 1.54) is 11.8 Å². The van der Waals surface area contributed by atoms with Crippen molar-refractivity contribution in [1.29, 1.82) is 0 Å². The summed E-state index contributed by atoms with van der Waals surface area (Å²) in [7, 11) is 0. The Balaban J connectivity index is 1.70. The first kappa shape index (κ1) is 20.8. The number of benzene rings is 1. The second-order valence-electron chi connectivity index (χ2n) is 7.16. The average molecular weight is 444 g/mol. The van der Waals surface area contributed by atoms with Crippen molar-refractivity contribution in [2.45, 2.75) is 30.9 Å². The number of hydrogen-bond acceptors (Lipinski definition) is 3. The van der Waals surface area contributed by atoms with Crippen molar-refractivity contribution in [2.24, 2.45) is 11.8 Å². The third-order valence-corrected chi connectivity index (χ3v) is 6.77. The average Bonchev–Trinajstić information content (AvgIpc) is 2.62. The Morgan fingerprint density at radius 3 is 2.48 bits per heavy atom. The topological polar surface area (TPSA) is 33.2 Å². The van der Waals surface area contributed by atoms with Crippen molar-refractivity contribution in [2.75, 3.05) is 13.1 Å². The number of pyridine rings is 1. The zero-order valence-electron chi connectivity index (χ0n) is 15.2. The standard InChI is InChI=1S/C20H21Cl3N2OS/c1-12-6-13(2)10-25(9-12)20(26)18-5-3-4-14(24-18)11-27-19-8-16(22)15(21)7-17(19)23/h3-5,7-8,12-13H,6,9-11H2,1-2H3. The van der Waals surface area contributed by atoms with Gasteiger partial charge in [0.05, 0.1) is 20.8 Å². The second kappa shape index (κ2) is 9.04. The zero-order valence-corrected chi connectivity index (χ0v) is 18.3. The predicted octanol–water partition coefficient (Wildman–Crippen LogP) is 6.45. The number of rotatable bonds is 4. The van der Waals surface area contributed by atoms with Crippen LogP contribution in [-0.4, -0.2) is 28.9 Å². The maximum atomic E-state index is 12.9. The largest absolute Gasteiger partial charge is 0.337 e. The van der Waals surface area contributed by atoms with E-state index in [0.29, 0.717) is 38.4 Å². The number of aromatic nitrogens is 1. The molecule has 0 bridgehead atoms. The van der Waals surface area contributed by atoms with Crippen LogP contribution in [0.25, 0.3) is 0 Å². The smallest absolute Gasteiger partial charge is 0.272 e. The van der Waals surface area contributed by atoms with Crippen LogP contribution >= 0.6 is 46.6 Å². The molecule has 2 atom stereocenters. The van der Waals surface area contributed by atoms with Gasteiger partial charge in [-0.15, -0.1) is 11.8 Å². The first-order valence-corrected chi connectivity index (χ1v) is 11.0. The Labute approximate surface area is 179 Å². The maximum Gasteiger partial charge on any atom is 0.272 e. The van der Waals surface area contributed by atoms with Crippen molar-refractivity contribution in [3.63, 3.8) is 0 Å². The molecule has 0 saturated carbocycles. The number of halogens is 3. The fourth-order valence-electron chi connectivity index (χ4n) is 3.44. The summed E-state index contributed by atoms with van der Waals surface area (Å²) in [5, 5.41) is 1.45. The van der Waals surface area contributed by atoms with Crippen molar-refractivity contribution < 1.29 is 4.79 Å². The van der Waals surface area contributed by atoms with E-state index in [1.54, 1.807) is 18.2 Å². The molecule has 27 heavy (non-hydrogen) atoms. The molecular formula is C20H21Cl3N2OS. The van der Waals surface area contributed by atoms with Gasteiger partial charge in [-0.25, -0.2) is 4.98 Å². The van der Waals surface area contributed by atoms with Gasteiger partial charge in [0.1, 0.15) is 5.69 Å². The Bertz CT molecular complexity index is 836. The van der Waals surface area contributed by atoms with E-state index in [9.17, 15) is 4.79 Å². The van der Waals surface area contributed by atoms with Crippen LogP contribution in [0.5, 0.6) is 0 Å². The molecule has 3 nitrogen and oxygen atoms in total. The first-order valence-electron chi connectivity index (χ1n) is 8.86. The van der Waals surface area contributed by atoms with Gasteiger partial charge in [-0.2, -0.15) is 0 Å². The monoisotopic (exact) mass is 442 g/mol. The predicted molar refractivity (Wildman–Crippen MR) is 114 cm³/mol. The fourth-order valence-corrected chi connectivity index (χ4v) is 5.07. The van der Waals surface area contributed by atoms with Crippen molar-refractivity contribution >= 4 is 52.5 Å². The summed E-state index contributed by atoms with van der Waals surface area (Å²) < 4.78 is 0. The lowest BCUT2D eigenvalue weighted by molar-refractivity contribution is 0.0617. The van der Waals surface area contributed by atoms with Crippen LogP contribution in [0.4, 0.5) is 0 Å². The molecule has 2 heterocycles. The first-order chi connectivity index (χ1) is 12.8. The van der Waals surface area contributed by atoms with Crippen LogP contribution in [0.2, 0.25) is 15.1 Å². The fraction of sp³-hybridized carbons (Fsp3) is 0.400. The van der Waals surface area contributed by atoms with Crippen molar-refractivity contribution in [1.82, 2.24) is 9.88 Å². The summed E-state index contributed by atoms with van der Waals surface area (Å²) in [4.78, 5) is 20.2. The van der Waals surface area contributed by atoms with Crippen molar-refractivity contribution in [3.05, 3.63) is 56.8 Å². The van der Waals surface area contributed by atoms with E-state index >= 15 is 0 Å². The number of carbonyl (C=O) groups excluding carboxylic acids is 1. The number of amides is 1. The number of likely N-dealkylation sites (tertiary alicyclic amines) is 1. The van der Waals surface area contributed by atoms with Gasteiger partial charge >= 0.3 is 0 Å². The number of piperidine rings is 1. The number of nitrogens with zero attached hydrogens (tertiary/aromatic N) is 2. The minimum absolute atomic E-state index is 0.00724. The summed E-state index contributed by atoms with van der Waals surface area (Å²) in [6.45, 7) is 5.97. The minimum atomic E-state index is 0.00724. The molecule has 1 fully saturated rings. The highest BCUT2D eigenvalue weighted by atomic mass is 35.5. The van der Waals surface area contributed by atoms with Crippen LogP contribution in [0.3, 0.4) is 0 Å². The Morgan fingerprint density at radius 2 is 1.78 bits per heavy atom. The maximum absolute atomic E-state index is 12.9. The van der Waals surface area contributed by atoms with Crippen LogP contribution in [0.1, 0.15) is 36.5 Å². The Kier molecular flexibility index (Phi) is 6.96. The normalized spacial score (nSPS) is 20.0. The molecule has 1 amide bonds. The number of carbonyl (C=O) groups is 1. The van der Waals surface area contributed by atoms with E-state index in [4.69, 9.17) is 34.8 Å². The highest BCUT2D eigenvalue weighted by Gasteiger charge is 2.26. The van der Waals surface area contributed by atoms with E-state index in [2.05, 4.69) is 18.8 Å².